The normalized spacial score (nSPS) is 11.3. The molecule has 0 unspecified atom stereocenters. The molecular weight excluding hydrogens is 160 g/mol. The third kappa shape index (κ3) is 2.11. The van der Waals surface area contributed by atoms with E-state index in [9.17, 15) is 5.11 Å². The second kappa shape index (κ2) is 3.25. The average Bonchev–Trinajstić information content (AvgIpc) is 2.01. The van der Waals surface area contributed by atoms with Crippen molar-refractivity contribution < 1.29 is 5.11 Å². The number of hydrogen-bond acceptors (Lipinski definition) is 1. The molecule has 0 radical (unpaired) electrons. The van der Waals surface area contributed by atoms with Crippen LogP contribution in [0.1, 0.15) is 31.9 Å². The van der Waals surface area contributed by atoms with Gasteiger partial charge in [0.2, 0.25) is 0 Å². The van der Waals surface area contributed by atoms with Crippen molar-refractivity contribution >= 4 is 6.08 Å². The van der Waals surface area contributed by atoms with Crippen LogP contribution in [-0.2, 0) is 5.41 Å². The fraction of sp³-hybridized carbons (Fsp3) is 0.333. The summed E-state index contributed by atoms with van der Waals surface area (Å²) >= 11 is 0. The van der Waals surface area contributed by atoms with Crippen LogP contribution in [0.25, 0.3) is 6.08 Å². The summed E-state index contributed by atoms with van der Waals surface area (Å²) in [5.41, 5.74) is 2.31. The molecule has 0 aliphatic rings. The Morgan fingerprint density at radius 1 is 1.31 bits per heavy atom. The highest BCUT2D eigenvalue weighted by Crippen LogP contribution is 2.28. The van der Waals surface area contributed by atoms with Crippen molar-refractivity contribution in [1.29, 1.82) is 0 Å². The maximum Gasteiger partial charge on any atom is 0.116 e. The lowest BCUT2D eigenvalue weighted by Crippen LogP contribution is -2.12. The van der Waals surface area contributed by atoms with Crippen LogP contribution in [0.5, 0.6) is 5.75 Å². The van der Waals surface area contributed by atoms with Gasteiger partial charge in [0.15, 0.2) is 0 Å². The average molecular weight is 176 g/mol. The van der Waals surface area contributed by atoms with Gasteiger partial charge in [-0.1, -0.05) is 39.5 Å². The lowest BCUT2D eigenvalue weighted by molar-refractivity contribution is 0.474. The Morgan fingerprint density at radius 3 is 2.38 bits per heavy atom. The van der Waals surface area contributed by atoms with E-state index in [1.54, 1.807) is 18.2 Å². The highest BCUT2D eigenvalue weighted by atomic mass is 16.3. The zero-order valence-electron chi connectivity index (χ0n) is 8.46. The number of aromatic hydroxyl groups is 1. The van der Waals surface area contributed by atoms with Crippen LogP contribution in [0, 0.1) is 0 Å². The van der Waals surface area contributed by atoms with E-state index in [4.69, 9.17) is 0 Å². The van der Waals surface area contributed by atoms with Gasteiger partial charge in [0, 0.05) is 0 Å². The maximum atomic E-state index is 9.29. The lowest BCUT2D eigenvalue weighted by atomic mass is 9.84. The molecule has 0 saturated heterocycles. The van der Waals surface area contributed by atoms with Gasteiger partial charge < -0.3 is 5.11 Å². The first kappa shape index (κ1) is 9.85. The number of phenolic OH excluding ortho intramolecular Hbond substituents is 1. The van der Waals surface area contributed by atoms with Crippen molar-refractivity contribution in [3.63, 3.8) is 0 Å². The summed E-state index contributed by atoms with van der Waals surface area (Å²) in [6.45, 7) is 10.2. The number of benzene rings is 1. The summed E-state index contributed by atoms with van der Waals surface area (Å²) in [6.07, 6.45) is 1.78. The van der Waals surface area contributed by atoms with E-state index in [1.807, 2.05) is 6.07 Å². The second-order valence-electron chi connectivity index (χ2n) is 4.23. The van der Waals surface area contributed by atoms with Gasteiger partial charge in [0.05, 0.1) is 0 Å². The predicted molar refractivity (Wildman–Crippen MR) is 56.9 cm³/mol. The van der Waals surface area contributed by atoms with Gasteiger partial charge in [-0.25, -0.2) is 0 Å². The highest BCUT2D eigenvalue weighted by molar-refractivity contribution is 5.56. The van der Waals surface area contributed by atoms with Crippen LogP contribution in [0.3, 0.4) is 0 Å². The van der Waals surface area contributed by atoms with Crippen LogP contribution < -0.4 is 0 Å². The van der Waals surface area contributed by atoms with E-state index in [1.165, 1.54) is 5.56 Å². The molecule has 1 aromatic carbocycles. The molecule has 1 N–H and O–H groups in total. The Kier molecular flexibility index (Phi) is 2.46. The molecule has 0 aliphatic heterocycles. The van der Waals surface area contributed by atoms with E-state index in [-0.39, 0.29) is 5.41 Å². The third-order valence-electron chi connectivity index (χ3n) is 2.06. The van der Waals surface area contributed by atoms with Crippen LogP contribution in [0.4, 0.5) is 0 Å². The molecule has 0 fully saturated rings. The second-order valence-corrected chi connectivity index (χ2v) is 4.23. The van der Waals surface area contributed by atoms with E-state index in [0.29, 0.717) is 5.75 Å². The highest BCUT2D eigenvalue weighted by Gasteiger charge is 2.16. The Labute approximate surface area is 79.7 Å². The quantitative estimate of drug-likeness (QED) is 0.695. The van der Waals surface area contributed by atoms with Gasteiger partial charge in [-0.2, -0.15) is 0 Å². The van der Waals surface area contributed by atoms with Gasteiger partial charge in [0.1, 0.15) is 5.75 Å². The molecule has 0 spiro atoms. The topological polar surface area (TPSA) is 20.2 Å². The largest absolute Gasteiger partial charge is 0.508 e. The first-order chi connectivity index (χ1) is 5.95. The number of hydrogen-bond donors (Lipinski definition) is 1. The molecular formula is C12H16O. The first-order valence-corrected chi connectivity index (χ1v) is 4.41. The van der Waals surface area contributed by atoms with Crippen molar-refractivity contribution in [3.05, 3.63) is 35.9 Å². The summed E-state index contributed by atoms with van der Waals surface area (Å²) in [6, 6.07) is 5.41. The molecule has 1 heteroatoms. The fourth-order valence-electron chi connectivity index (χ4n) is 1.40. The molecule has 0 saturated carbocycles. The lowest BCUT2D eigenvalue weighted by Gasteiger charge is -2.21. The van der Waals surface area contributed by atoms with Crippen LogP contribution in [0.15, 0.2) is 24.8 Å². The van der Waals surface area contributed by atoms with E-state index in [0.717, 1.165) is 5.56 Å². The van der Waals surface area contributed by atoms with Crippen molar-refractivity contribution in [2.24, 2.45) is 0 Å². The summed E-state index contributed by atoms with van der Waals surface area (Å²) in [7, 11) is 0. The van der Waals surface area contributed by atoms with Crippen molar-refractivity contribution in [2.75, 3.05) is 0 Å². The summed E-state index contributed by atoms with van der Waals surface area (Å²) < 4.78 is 0. The number of rotatable bonds is 1. The predicted octanol–water partition coefficient (Wildman–Crippen LogP) is 3.33. The van der Waals surface area contributed by atoms with Gasteiger partial charge in [-0.3, -0.25) is 0 Å². The smallest absolute Gasteiger partial charge is 0.116 e. The molecule has 0 aliphatic carbocycles. The summed E-state index contributed by atoms with van der Waals surface area (Å²) in [5.74, 6) is 0.294. The molecule has 1 nitrogen and oxygen atoms in total. The molecule has 0 amide bonds. The van der Waals surface area contributed by atoms with Crippen molar-refractivity contribution in [3.8, 4) is 5.75 Å². The van der Waals surface area contributed by atoms with Crippen molar-refractivity contribution in [1.82, 2.24) is 0 Å². The van der Waals surface area contributed by atoms with Gasteiger partial charge >= 0.3 is 0 Å². The van der Waals surface area contributed by atoms with Gasteiger partial charge in [0.25, 0.3) is 0 Å². The van der Waals surface area contributed by atoms with Gasteiger partial charge in [-0.05, 0) is 28.7 Å². The van der Waals surface area contributed by atoms with Crippen LogP contribution >= 0.6 is 0 Å². The van der Waals surface area contributed by atoms with E-state index < -0.39 is 0 Å². The molecule has 0 heterocycles. The van der Waals surface area contributed by atoms with Crippen molar-refractivity contribution in [2.45, 2.75) is 26.2 Å². The Morgan fingerprint density at radius 2 is 1.92 bits per heavy atom. The van der Waals surface area contributed by atoms with E-state index >= 15 is 0 Å². The standard InChI is InChI=1S/C12H16O/c1-5-9-8-10(13)6-7-11(9)12(2,3)4/h5-8,13H,1H2,2-4H3. The molecule has 0 atom stereocenters. The Balaban J connectivity index is 3.29. The minimum atomic E-state index is 0.0945. The van der Waals surface area contributed by atoms with Gasteiger partial charge in [-0.15, -0.1) is 0 Å². The van der Waals surface area contributed by atoms with E-state index in [2.05, 4.69) is 27.4 Å². The molecule has 1 rings (SSSR count). The minimum absolute atomic E-state index is 0.0945. The summed E-state index contributed by atoms with van der Waals surface area (Å²) in [5, 5.41) is 9.29. The Bertz CT molecular complexity index is 318. The van der Waals surface area contributed by atoms with Crippen LogP contribution in [0.2, 0.25) is 0 Å². The third-order valence-corrected chi connectivity index (χ3v) is 2.06. The number of phenols is 1. The monoisotopic (exact) mass is 176 g/mol. The fourth-order valence-corrected chi connectivity index (χ4v) is 1.40. The minimum Gasteiger partial charge on any atom is -0.508 e. The SMILES string of the molecule is C=Cc1cc(O)ccc1C(C)(C)C. The molecule has 0 bridgehead atoms. The molecule has 70 valence electrons. The van der Waals surface area contributed by atoms with Crippen LogP contribution in [-0.4, -0.2) is 5.11 Å². The molecule has 13 heavy (non-hydrogen) atoms. The maximum absolute atomic E-state index is 9.29. The first-order valence-electron chi connectivity index (χ1n) is 4.41. The Hall–Kier alpha value is -1.24. The molecule has 1 aromatic rings. The summed E-state index contributed by atoms with van der Waals surface area (Å²) in [4.78, 5) is 0. The molecule has 0 aromatic heterocycles. The zero-order chi connectivity index (χ0) is 10.1. The zero-order valence-corrected chi connectivity index (χ0v) is 8.46.